The normalized spacial score (nSPS) is 12.7. The number of methoxy groups -OCH3 is 1. The van der Waals surface area contributed by atoms with Gasteiger partial charge in [-0.3, -0.25) is 0 Å². The van der Waals surface area contributed by atoms with E-state index in [9.17, 15) is 18.0 Å². The zero-order valence-corrected chi connectivity index (χ0v) is 14.5. The van der Waals surface area contributed by atoms with Gasteiger partial charge in [-0.05, 0) is 29.8 Å². The molecule has 1 atom stereocenters. The van der Waals surface area contributed by atoms with Gasteiger partial charge in [-0.1, -0.05) is 30.4 Å². The fraction of sp³-hybridized carbons (Fsp3) is 0.294. The Morgan fingerprint density at radius 2 is 1.88 bits per heavy atom. The van der Waals surface area contributed by atoms with Gasteiger partial charge < -0.3 is 14.7 Å². The molecule has 2 aromatic carbocycles. The predicted molar refractivity (Wildman–Crippen MR) is 92.1 cm³/mol. The van der Waals surface area contributed by atoms with Crippen molar-refractivity contribution in [3.63, 3.8) is 0 Å². The highest BCUT2D eigenvalue weighted by Crippen LogP contribution is 2.42. The SMILES string of the molecule is COc1ccc2c(C(=S)N(C)C(C)C(=O)O)cccc2c1C(F)(F)F. The number of benzene rings is 2. The Bertz CT molecular complexity index is 836. The lowest BCUT2D eigenvalue weighted by molar-refractivity contribution is -0.140. The van der Waals surface area contributed by atoms with Gasteiger partial charge in [0.2, 0.25) is 0 Å². The Labute approximate surface area is 147 Å². The molecule has 0 spiro atoms. The van der Waals surface area contributed by atoms with Crippen LogP contribution in [0.2, 0.25) is 0 Å². The van der Waals surface area contributed by atoms with E-state index in [2.05, 4.69) is 0 Å². The molecule has 1 unspecified atom stereocenters. The summed E-state index contributed by atoms with van der Waals surface area (Å²) in [6, 6.07) is 6.18. The first kappa shape index (κ1) is 19.0. The van der Waals surface area contributed by atoms with E-state index in [1.165, 1.54) is 50.2 Å². The summed E-state index contributed by atoms with van der Waals surface area (Å²) >= 11 is 5.31. The first-order valence-electron chi connectivity index (χ1n) is 7.26. The molecule has 0 aliphatic heterocycles. The summed E-state index contributed by atoms with van der Waals surface area (Å²) in [5.74, 6) is -1.36. The van der Waals surface area contributed by atoms with Crippen molar-refractivity contribution < 1.29 is 27.8 Å². The highest BCUT2D eigenvalue weighted by Gasteiger charge is 2.36. The minimum absolute atomic E-state index is 0.0527. The van der Waals surface area contributed by atoms with Gasteiger partial charge >= 0.3 is 12.1 Å². The maximum atomic E-state index is 13.5. The summed E-state index contributed by atoms with van der Waals surface area (Å²) in [6.45, 7) is 1.45. The number of fused-ring (bicyclic) bond motifs is 1. The number of thiocarbonyl (C=S) groups is 1. The monoisotopic (exact) mass is 371 g/mol. The molecule has 0 aliphatic carbocycles. The summed E-state index contributed by atoms with van der Waals surface area (Å²) < 4.78 is 45.3. The highest BCUT2D eigenvalue weighted by atomic mass is 32.1. The molecule has 8 heteroatoms. The lowest BCUT2D eigenvalue weighted by Gasteiger charge is -2.25. The van der Waals surface area contributed by atoms with E-state index in [0.29, 0.717) is 5.56 Å². The molecule has 0 aliphatic rings. The van der Waals surface area contributed by atoms with E-state index >= 15 is 0 Å². The van der Waals surface area contributed by atoms with E-state index in [-0.39, 0.29) is 21.5 Å². The van der Waals surface area contributed by atoms with Crippen LogP contribution in [-0.2, 0) is 11.0 Å². The Morgan fingerprint density at radius 1 is 1.24 bits per heavy atom. The zero-order chi connectivity index (χ0) is 18.9. The molecule has 0 amide bonds. The van der Waals surface area contributed by atoms with Crippen LogP contribution < -0.4 is 4.74 Å². The lowest BCUT2D eigenvalue weighted by Crippen LogP contribution is -2.39. The van der Waals surface area contributed by atoms with Crippen molar-refractivity contribution in [1.82, 2.24) is 4.90 Å². The third-order valence-corrected chi connectivity index (χ3v) is 4.52. The molecular weight excluding hydrogens is 355 g/mol. The first-order valence-corrected chi connectivity index (χ1v) is 7.67. The topological polar surface area (TPSA) is 49.8 Å². The second kappa shape index (κ2) is 6.87. The maximum Gasteiger partial charge on any atom is 0.420 e. The molecule has 0 heterocycles. The number of carbonyl (C=O) groups is 1. The number of ether oxygens (including phenoxy) is 1. The minimum Gasteiger partial charge on any atom is -0.496 e. The lowest BCUT2D eigenvalue weighted by atomic mass is 9.98. The number of hydrogen-bond acceptors (Lipinski definition) is 3. The van der Waals surface area contributed by atoms with E-state index in [1.807, 2.05) is 0 Å². The van der Waals surface area contributed by atoms with Crippen molar-refractivity contribution in [1.29, 1.82) is 0 Å². The number of carboxylic acid groups (broad SMARTS) is 1. The molecule has 0 saturated heterocycles. The quantitative estimate of drug-likeness (QED) is 0.825. The van der Waals surface area contributed by atoms with Gasteiger partial charge in [0.15, 0.2) is 0 Å². The number of aliphatic carboxylic acids is 1. The summed E-state index contributed by atoms with van der Waals surface area (Å²) in [6.07, 6.45) is -4.61. The summed E-state index contributed by atoms with van der Waals surface area (Å²) in [7, 11) is 2.67. The molecule has 25 heavy (non-hydrogen) atoms. The van der Waals surface area contributed by atoms with Crippen LogP contribution >= 0.6 is 12.2 Å². The smallest absolute Gasteiger partial charge is 0.420 e. The number of rotatable bonds is 4. The first-order chi connectivity index (χ1) is 11.6. The van der Waals surface area contributed by atoms with Crippen LogP contribution in [0.4, 0.5) is 13.2 Å². The fourth-order valence-electron chi connectivity index (χ4n) is 2.52. The van der Waals surface area contributed by atoms with Crippen LogP contribution in [-0.4, -0.2) is 41.2 Å². The highest BCUT2D eigenvalue weighted by molar-refractivity contribution is 7.80. The van der Waals surface area contributed by atoms with Crippen LogP contribution in [0.5, 0.6) is 5.75 Å². The van der Waals surface area contributed by atoms with Gasteiger partial charge in [-0.2, -0.15) is 13.2 Å². The third kappa shape index (κ3) is 3.53. The van der Waals surface area contributed by atoms with E-state index in [1.54, 1.807) is 6.07 Å². The number of alkyl halides is 3. The minimum atomic E-state index is -4.61. The van der Waals surface area contributed by atoms with Crippen LogP contribution in [0.3, 0.4) is 0 Å². The van der Waals surface area contributed by atoms with Crippen molar-refractivity contribution in [3.8, 4) is 5.75 Å². The average Bonchev–Trinajstić information content (AvgIpc) is 2.56. The maximum absolute atomic E-state index is 13.5. The number of carboxylic acids is 1. The molecule has 0 saturated carbocycles. The summed E-state index contributed by atoms with van der Waals surface area (Å²) in [4.78, 5) is 12.6. The predicted octanol–water partition coefficient (Wildman–Crippen LogP) is 3.95. The molecule has 0 radical (unpaired) electrons. The second-order valence-corrected chi connectivity index (χ2v) is 5.86. The van der Waals surface area contributed by atoms with Gasteiger partial charge in [0.1, 0.15) is 22.3 Å². The molecule has 0 aromatic heterocycles. The van der Waals surface area contributed by atoms with Gasteiger partial charge in [-0.15, -0.1) is 0 Å². The number of halogens is 3. The molecule has 2 aromatic rings. The van der Waals surface area contributed by atoms with E-state index < -0.39 is 23.8 Å². The molecular formula is C17H16F3NO3S. The Kier molecular flexibility index (Phi) is 5.22. The van der Waals surface area contributed by atoms with Crippen molar-refractivity contribution in [2.75, 3.05) is 14.2 Å². The van der Waals surface area contributed by atoms with Crippen molar-refractivity contribution in [3.05, 3.63) is 41.5 Å². The zero-order valence-electron chi connectivity index (χ0n) is 13.7. The van der Waals surface area contributed by atoms with Crippen LogP contribution in [0, 0.1) is 0 Å². The molecule has 2 rings (SSSR count). The fourth-order valence-corrected chi connectivity index (χ4v) is 2.85. The number of nitrogens with zero attached hydrogens (tertiary/aromatic N) is 1. The number of likely N-dealkylation sites (N-methyl/N-ethyl adjacent to an activating group) is 1. The van der Waals surface area contributed by atoms with Crippen LogP contribution in [0.15, 0.2) is 30.3 Å². The van der Waals surface area contributed by atoms with Crippen molar-refractivity contribution >= 4 is 33.9 Å². The molecule has 1 N–H and O–H groups in total. The Balaban J connectivity index is 2.69. The Hall–Kier alpha value is -2.35. The second-order valence-electron chi connectivity index (χ2n) is 5.47. The Morgan fingerprint density at radius 3 is 2.40 bits per heavy atom. The third-order valence-electron chi connectivity index (χ3n) is 4.02. The molecule has 0 fully saturated rings. The number of hydrogen-bond donors (Lipinski definition) is 1. The summed E-state index contributed by atoms with van der Waals surface area (Å²) in [5.41, 5.74) is -0.526. The van der Waals surface area contributed by atoms with Gasteiger partial charge in [0.05, 0.1) is 7.11 Å². The molecule has 4 nitrogen and oxygen atoms in total. The van der Waals surface area contributed by atoms with Crippen molar-refractivity contribution in [2.24, 2.45) is 0 Å². The van der Waals surface area contributed by atoms with Gasteiger partial charge in [-0.25, -0.2) is 4.79 Å². The van der Waals surface area contributed by atoms with Gasteiger partial charge in [0, 0.05) is 12.6 Å². The summed E-state index contributed by atoms with van der Waals surface area (Å²) in [5, 5.41) is 9.34. The van der Waals surface area contributed by atoms with Crippen LogP contribution in [0.1, 0.15) is 18.1 Å². The largest absolute Gasteiger partial charge is 0.496 e. The molecule has 134 valence electrons. The van der Waals surface area contributed by atoms with Crippen molar-refractivity contribution in [2.45, 2.75) is 19.1 Å². The van der Waals surface area contributed by atoms with Crippen LogP contribution in [0.25, 0.3) is 10.8 Å². The van der Waals surface area contributed by atoms with Gasteiger partial charge in [0.25, 0.3) is 0 Å². The average molecular weight is 371 g/mol. The molecule has 0 bridgehead atoms. The standard InChI is InChI=1S/C17H16F3NO3S/c1-9(16(22)23)21(2)15(25)12-6-4-5-11-10(12)7-8-13(24-3)14(11)17(18,19)20/h4-9H,1-3H3,(H,22,23). The van der Waals surface area contributed by atoms with E-state index in [4.69, 9.17) is 22.1 Å². The van der Waals surface area contributed by atoms with E-state index in [0.717, 1.165) is 0 Å².